The monoisotopic (exact) mass is 367 g/mol. The van der Waals surface area contributed by atoms with Crippen molar-refractivity contribution < 1.29 is 14.1 Å². The Balaban J connectivity index is 1.88. The SMILES string of the molecule is Cc1onc(-c2ccccc2)c1C(=O)Nc1ccccc1SCC(N)=O. The molecule has 0 saturated heterocycles. The van der Waals surface area contributed by atoms with Gasteiger partial charge in [-0.1, -0.05) is 47.6 Å². The topological polar surface area (TPSA) is 98.2 Å². The van der Waals surface area contributed by atoms with Crippen LogP contribution in [-0.4, -0.2) is 22.7 Å². The van der Waals surface area contributed by atoms with Crippen LogP contribution in [0.15, 0.2) is 64.0 Å². The Hall–Kier alpha value is -3.06. The average molecular weight is 367 g/mol. The molecule has 0 saturated carbocycles. The number of anilines is 1. The van der Waals surface area contributed by atoms with E-state index in [0.717, 1.165) is 10.5 Å². The number of carbonyl (C=O) groups excluding carboxylic acids is 2. The molecule has 0 spiro atoms. The minimum Gasteiger partial charge on any atom is -0.369 e. The normalized spacial score (nSPS) is 10.5. The van der Waals surface area contributed by atoms with Crippen LogP contribution in [0.5, 0.6) is 0 Å². The van der Waals surface area contributed by atoms with E-state index in [0.29, 0.717) is 22.7 Å². The quantitative estimate of drug-likeness (QED) is 0.650. The molecule has 3 aromatic rings. The first-order valence-electron chi connectivity index (χ1n) is 7.89. The van der Waals surface area contributed by atoms with Crippen LogP contribution in [-0.2, 0) is 4.79 Å². The first-order chi connectivity index (χ1) is 12.6. The number of amides is 2. The maximum atomic E-state index is 12.9. The molecule has 0 aliphatic carbocycles. The van der Waals surface area contributed by atoms with Crippen LogP contribution in [0.4, 0.5) is 5.69 Å². The number of aryl methyl sites for hydroxylation is 1. The summed E-state index contributed by atoms with van der Waals surface area (Å²) in [4.78, 5) is 24.7. The summed E-state index contributed by atoms with van der Waals surface area (Å²) in [6.07, 6.45) is 0. The second-order valence-corrected chi connectivity index (χ2v) is 6.55. The molecule has 2 aromatic carbocycles. The van der Waals surface area contributed by atoms with Crippen LogP contribution in [0.2, 0.25) is 0 Å². The van der Waals surface area contributed by atoms with Crippen molar-refractivity contribution in [2.75, 3.05) is 11.1 Å². The van der Waals surface area contributed by atoms with Gasteiger partial charge in [0.25, 0.3) is 5.91 Å². The number of thioether (sulfide) groups is 1. The number of para-hydroxylation sites is 1. The molecule has 0 radical (unpaired) electrons. The first-order valence-corrected chi connectivity index (χ1v) is 8.88. The van der Waals surface area contributed by atoms with Gasteiger partial charge in [0.15, 0.2) is 0 Å². The van der Waals surface area contributed by atoms with E-state index in [1.165, 1.54) is 11.8 Å². The van der Waals surface area contributed by atoms with Gasteiger partial charge in [0.1, 0.15) is 17.0 Å². The van der Waals surface area contributed by atoms with E-state index in [-0.39, 0.29) is 11.7 Å². The van der Waals surface area contributed by atoms with Crippen LogP contribution < -0.4 is 11.1 Å². The zero-order valence-corrected chi connectivity index (χ0v) is 14.9. The molecular weight excluding hydrogens is 350 g/mol. The van der Waals surface area contributed by atoms with Crippen LogP contribution in [0.3, 0.4) is 0 Å². The highest BCUT2D eigenvalue weighted by Crippen LogP contribution is 2.29. The van der Waals surface area contributed by atoms with E-state index in [9.17, 15) is 9.59 Å². The van der Waals surface area contributed by atoms with Crippen LogP contribution in [0.1, 0.15) is 16.1 Å². The molecule has 0 atom stereocenters. The number of aromatic nitrogens is 1. The summed E-state index contributed by atoms with van der Waals surface area (Å²) in [7, 11) is 0. The Morgan fingerprint density at radius 3 is 2.54 bits per heavy atom. The number of hydrogen-bond acceptors (Lipinski definition) is 5. The van der Waals surface area contributed by atoms with Crippen molar-refractivity contribution in [2.24, 2.45) is 5.73 Å². The van der Waals surface area contributed by atoms with Gasteiger partial charge >= 0.3 is 0 Å². The summed E-state index contributed by atoms with van der Waals surface area (Å²) in [6.45, 7) is 1.70. The lowest BCUT2D eigenvalue weighted by molar-refractivity contribution is -0.115. The van der Waals surface area contributed by atoms with Crippen molar-refractivity contribution in [2.45, 2.75) is 11.8 Å². The summed E-state index contributed by atoms with van der Waals surface area (Å²) in [5, 5.41) is 6.90. The molecule has 0 aliphatic heterocycles. The highest BCUT2D eigenvalue weighted by Gasteiger charge is 2.22. The lowest BCUT2D eigenvalue weighted by atomic mass is 10.1. The second kappa shape index (κ2) is 7.88. The fourth-order valence-electron chi connectivity index (χ4n) is 2.46. The Morgan fingerprint density at radius 2 is 1.81 bits per heavy atom. The van der Waals surface area contributed by atoms with Crippen molar-refractivity contribution in [3.05, 3.63) is 65.9 Å². The lowest BCUT2D eigenvalue weighted by Crippen LogP contribution is -2.15. The molecule has 0 aliphatic rings. The van der Waals surface area contributed by atoms with E-state index < -0.39 is 5.91 Å². The van der Waals surface area contributed by atoms with Crippen molar-refractivity contribution >= 4 is 29.3 Å². The molecule has 0 bridgehead atoms. The number of nitrogens with zero attached hydrogens (tertiary/aromatic N) is 1. The summed E-state index contributed by atoms with van der Waals surface area (Å²) in [6, 6.07) is 16.6. The maximum Gasteiger partial charge on any atom is 0.261 e. The molecule has 1 heterocycles. The fourth-order valence-corrected chi connectivity index (χ4v) is 3.21. The van der Waals surface area contributed by atoms with Crippen LogP contribution >= 0.6 is 11.8 Å². The summed E-state index contributed by atoms with van der Waals surface area (Å²) >= 11 is 1.27. The minimum absolute atomic E-state index is 0.133. The third-order valence-electron chi connectivity index (χ3n) is 3.64. The highest BCUT2D eigenvalue weighted by molar-refractivity contribution is 8.00. The average Bonchev–Trinajstić information content (AvgIpc) is 3.03. The first kappa shape index (κ1) is 17.8. The van der Waals surface area contributed by atoms with E-state index in [1.54, 1.807) is 13.0 Å². The predicted octanol–water partition coefficient (Wildman–Crippen LogP) is 3.48. The van der Waals surface area contributed by atoms with Gasteiger partial charge in [0.05, 0.1) is 11.4 Å². The molecule has 26 heavy (non-hydrogen) atoms. The van der Waals surface area contributed by atoms with Gasteiger partial charge < -0.3 is 15.6 Å². The molecule has 0 unspecified atom stereocenters. The number of hydrogen-bond donors (Lipinski definition) is 2. The number of nitrogens with one attached hydrogen (secondary N) is 1. The van der Waals surface area contributed by atoms with Gasteiger partial charge in [-0.2, -0.15) is 0 Å². The lowest BCUT2D eigenvalue weighted by Gasteiger charge is -2.10. The standard InChI is InChI=1S/C19H17N3O3S/c1-12-17(18(22-25-12)13-7-3-2-4-8-13)19(24)21-14-9-5-6-10-15(14)26-11-16(20)23/h2-10H,11H2,1H3,(H2,20,23)(H,21,24). The molecule has 0 fully saturated rings. The van der Waals surface area contributed by atoms with Crippen molar-refractivity contribution in [3.63, 3.8) is 0 Å². The Kier molecular flexibility index (Phi) is 5.38. The highest BCUT2D eigenvalue weighted by atomic mass is 32.2. The van der Waals surface area contributed by atoms with Gasteiger partial charge in [-0.25, -0.2) is 0 Å². The number of benzene rings is 2. The molecule has 3 N–H and O–H groups in total. The van der Waals surface area contributed by atoms with Crippen molar-refractivity contribution in [1.29, 1.82) is 0 Å². The zero-order valence-electron chi connectivity index (χ0n) is 14.1. The van der Waals surface area contributed by atoms with Gasteiger partial charge in [0.2, 0.25) is 5.91 Å². The van der Waals surface area contributed by atoms with E-state index in [1.807, 2.05) is 48.5 Å². The van der Waals surface area contributed by atoms with Crippen molar-refractivity contribution in [3.8, 4) is 11.3 Å². The van der Waals surface area contributed by atoms with Gasteiger partial charge in [-0.3, -0.25) is 9.59 Å². The van der Waals surface area contributed by atoms with Crippen LogP contribution in [0, 0.1) is 6.92 Å². The zero-order chi connectivity index (χ0) is 18.5. The molecule has 2 amide bonds. The Bertz CT molecular complexity index is 938. The third kappa shape index (κ3) is 3.94. The van der Waals surface area contributed by atoms with E-state index in [4.69, 9.17) is 10.3 Å². The number of rotatable bonds is 6. The fraction of sp³-hybridized carbons (Fsp3) is 0.105. The number of nitrogens with two attached hydrogens (primary N) is 1. The molecular formula is C19H17N3O3S. The van der Waals surface area contributed by atoms with E-state index >= 15 is 0 Å². The van der Waals surface area contributed by atoms with Gasteiger partial charge in [-0.15, -0.1) is 11.8 Å². The smallest absolute Gasteiger partial charge is 0.261 e. The molecule has 7 heteroatoms. The largest absolute Gasteiger partial charge is 0.369 e. The number of primary amides is 1. The maximum absolute atomic E-state index is 12.9. The third-order valence-corrected chi connectivity index (χ3v) is 4.74. The van der Waals surface area contributed by atoms with Crippen molar-refractivity contribution in [1.82, 2.24) is 5.16 Å². The summed E-state index contributed by atoms with van der Waals surface area (Å²) < 4.78 is 5.24. The van der Waals surface area contributed by atoms with Gasteiger partial charge in [0, 0.05) is 10.5 Å². The molecule has 3 rings (SSSR count). The molecule has 6 nitrogen and oxygen atoms in total. The molecule has 132 valence electrons. The molecule has 1 aromatic heterocycles. The Labute approximate surface area is 154 Å². The van der Waals surface area contributed by atoms with E-state index in [2.05, 4.69) is 10.5 Å². The second-order valence-electron chi connectivity index (χ2n) is 5.53. The Morgan fingerprint density at radius 1 is 1.12 bits per heavy atom. The van der Waals surface area contributed by atoms with Crippen LogP contribution in [0.25, 0.3) is 11.3 Å². The summed E-state index contributed by atoms with van der Waals surface area (Å²) in [5.41, 5.74) is 7.47. The number of carbonyl (C=O) groups is 2. The predicted molar refractivity (Wildman–Crippen MR) is 101 cm³/mol. The van der Waals surface area contributed by atoms with Gasteiger partial charge in [-0.05, 0) is 19.1 Å². The summed E-state index contributed by atoms with van der Waals surface area (Å²) in [5.74, 6) is -0.176. The minimum atomic E-state index is -0.419.